The molecule has 61 heavy (non-hydrogen) atoms. The topological polar surface area (TPSA) is 180 Å². The van der Waals surface area contributed by atoms with E-state index in [0.29, 0.717) is 17.6 Å². The maximum Gasteiger partial charge on any atom is 0.365 e. The number of nitrogens with one attached hydrogen (secondary N) is 3. The van der Waals surface area contributed by atoms with Crippen molar-refractivity contribution in [3.63, 3.8) is 0 Å². The number of thiazole rings is 2. The quantitative estimate of drug-likeness (QED) is 0.0898. The molecule has 0 saturated carbocycles. The monoisotopic (exact) mass is 1020 g/mol. The zero-order valence-electron chi connectivity index (χ0n) is 33.9. The molecule has 0 bridgehead atoms. The molecule has 6 aromatic rings. The number of fused-ring (bicyclic) bond motifs is 2. The predicted octanol–water partition coefficient (Wildman–Crippen LogP) is 7.95. The number of likely N-dealkylation sites (N-methyl/N-ethyl adjacent to an activating group) is 2. The number of carboxylic acids is 1. The molecule has 0 aromatic carbocycles. The zero-order valence-corrected chi connectivity index (χ0v) is 39.8. The molecule has 2 aliphatic rings. The molecule has 2 aliphatic heterocycles. The van der Waals surface area contributed by atoms with Gasteiger partial charge < -0.3 is 40.0 Å². The molecule has 2 saturated heterocycles. The SMILES string of the molecule is C.C.CCN(CC)CC.CN1CCN(C(=O)c2nc(-c3c[nH]c4ncc(Br)cc34)cs2)CC1.CN1CCNCC1.O=BP.O=C(O)c1nc(-c2c[nH]c3ncc(Br)cc23)cs1. The van der Waals surface area contributed by atoms with Crippen LogP contribution in [0.25, 0.3) is 44.6 Å². The molecule has 21 heteroatoms. The van der Waals surface area contributed by atoms with Gasteiger partial charge in [0.05, 0.1) is 11.4 Å². The van der Waals surface area contributed by atoms with Crippen LogP contribution in [0.15, 0.2) is 56.6 Å². The Kier molecular flexibility index (Phi) is 24.4. The van der Waals surface area contributed by atoms with Crippen LogP contribution in [0.3, 0.4) is 0 Å². The number of carboxylic acid groups (broad SMARTS) is 1. The van der Waals surface area contributed by atoms with Crippen LogP contribution in [0.1, 0.15) is 55.2 Å². The number of aromatic carboxylic acids is 1. The minimum absolute atomic E-state index is 0. The molecule has 1 atom stereocenters. The molecule has 0 spiro atoms. The largest absolute Gasteiger partial charge is 0.476 e. The van der Waals surface area contributed by atoms with Gasteiger partial charge in [0, 0.05) is 119 Å². The molecule has 332 valence electrons. The summed E-state index contributed by atoms with van der Waals surface area (Å²) >= 11 is 9.33. The molecule has 15 nitrogen and oxygen atoms in total. The van der Waals surface area contributed by atoms with Crippen molar-refractivity contribution in [3.8, 4) is 22.5 Å². The van der Waals surface area contributed by atoms with Gasteiger partial charge in [-0.15, -0.1) is 22.7 Å². The summed E-state index contributed by atoms with van der Waals surface area (Å²) in [6, 6.07) is 3.93. The first kappa shape index (κ1) is 53.8. The zero-order chi connectivity index (χ0) is 42.9. The summed E-state index contributed by atoms with van der Waals surface area (Å²) in [4.78, 5) is 55.7. The van der Waals surface area contributed by atoms with Crippen LogP contribution in [-0.4, -0.2) is 159 Å². The number of nitrogens with zero attached hydrogens (tertiary/aromatic N) is 8. The maximum atomic E-state index is 12.6. The summed E-state index contributed by atoms with van der Waals surface area (Å²) < 4.78 is 10.6. The molecule has 2 fully saturated rings. The molecular formula is C40H59BBr2N11O4PS2. The van der Waals surface area contributed by atoms with Crippen molar-refractivity contribution < 1.29 is 19.4 Å². The van der Waals surface area contributed by atoms with Crippen LogP contribution in [0.2, 0.25) is 0 Å². The summed E-state index contributed by atoms with van der Waals surface area (Å²) in [6.45, 7) is 18.9. The second kappa shape index (κ2) is 27.7. The molecule has 8 heterocycles. The number of H-pyrrole nitrogens is 2. The summed E-state index contributed by atoms with van der Waals surface area (Å²) in [5.41, 5.74) is 4.83. The van der Waals surface area contributed by atoms with Gasteiger partial charge in [-0.3, -0.25) is 4.79 Å². The van der Waals surface area contributed by atoms with E-state index < -0.39 is 5.97 Å². The Bertz CT molecular complexity index is 2230. The van der Waals surface area contributed by atoms with Crippen LogP contribution in [0.5, 0.6) is 0 Å². The van der Waals surface area contributed by atoms with Crippen LogP contribution in [0, 0.1) is 0 Å². The number of carbonyl (C=O) groups excluding carboxylic acids is 1. The average Bonchev–Trinajstić information content (AvgIpc) is 4.06. The van der Waals surface area contributed by atoms with E-state index in [2.05, 4.69) is 117 Å². The van der Waals surface area contributed by atoms with Gasteiger partial charge in [0.15, 0.2) is 5.01 Å². The number of aromatic amines is 2. The number of hydrogen-bond acceptors (Lipinski definition) is 13. The van der Waals surface area contributed by atoms with Crippen LogP contribution in [0.4, 0.5) is 0 Å². The van der Waals surface area contributed by atoms with Gasteiger partial charge in [0.25, 0.3) is 5.91 Å². The summed E-state index contributed by atoms with van der Waals surface area (Å²) in [6.07, 6.45) is 7.13. The van der Waals surface area contributed by atoms with E-state index in [1.165, 1.54) is 44.1 Å². The van der Waals surface area contributed by atoms with Crippen LogP contribution in [-0.2, 0) is 4.70 Å². The van der Waals surface area contributed by atoms with Crippen molar-refractivity contribution in [2.75, 3.05) is 86.1 Å². The third-order valence-corrected chi connectivity index (χ3v) is 11.9. The van der Waals surface area contributed by atoms with Crippen LogP contribution >= 0.6 is 63.7 Å². The first-order valence-electron chi connectivity index (χ1n) is 19.1. The first-order chi connectivity index (χ1) is 28.4. The smallest absolute Gasteiger partial charge is 0.365 e. The van der Waals surface area contributed by atoms with Gasteiger partial charge in [-0.25, -0.2) is 24.7 Å². The van der Waals surface area contributed by atoms with E-state index in [1.54, 1.807) is 24.0 Å². The van der Waals surface area contributed by atoms with E-state index in [4.69, 9.17) is 9.81 Å². The van der Waals surface area contributed by atoms with E-state index in [-0.39, 0.29) is 25.8 Å². The average molecular weight is 1020 g/mol. The first-order valence-corrected chi connectivity index (χ1v) is 23.1. The Balaban J connectivity index is 0.000000304. The summed E-state index contributed by atoms with van der Waals surface area (Å²) in [7, 11) is 6.13. The minimum Gasteiger partial charge on any atom is -0.476 e. The number of carbonyl (C=O) groups is 2. The maximum absolute atomic E-state index is 12.6. The second-order valence-electron chi connectivity index (χ2n) is 13.3. The van der Waals surface area contributed by atoms with Crippen molar-refractivity contribution in [3.05, 3.63) is 66.6 Å². The number of aromatic nitrogens is 6. The fourth-order valence-electron chi connectivity index (χ4n) is 5.96. The second-order valence-corrected chi connectivity index (χ2v) is 17.1. The minimum atomic E-state index is -1.01. The van der Waals surface area contributed by atoms with Crippen molar-refractivity contribution in [1.82, 2.24) is 54.8 Å². The predicted molar refractivity (Wildman–Crippen MR) is 264 cm³/mol. The van der Waals surface area contributed by atoms with Gasteiger partial charge in [0.2, 0.25) is 5.01 Å². The number of amides is 1. The van der Waals surface area contributed by atoms with Crippen molar-refractivity contribution in [2.24, 2.45) is 0 Å². The van der Waals surface area contributed by atoms with Crippen molar-refractivity contribution in [1.29, 1.82) is 0 Å². The van der Waals surface area contributed by atoms with E-state index >= 15 is 0 Å². The van der Waals surface area contributed by atoms with Gasteiger partial charge >= 0.3 is 26.7 Å². The molecule has 0 aliphatic carbocycles. The Labute approximate surface area is 387 Å². The van der Waals surface area contributed by atoms with Gasteiger partial charge in [-0.05, 0) is 77.7 Å². The molecular weight excluding hydrogens is 964 g/mol. The van der Waals surface area contributed by atoms with Gasteiger partial charge in [-0.2, -0.15) is 0 Å². The summed E-state index contributed by atoms with van der Waals surface area (Å²) in [5.74, 6) is -0.983. The molecule has 1 amide bonds. The molecule has 1 unspecified atom stereocenters. The number of rotatable bonds is 7. The summed E-state index contributed by atoms with van der Waals surface area (Å²) in [5, 5.41) is 18.3. The normalized spacial score (nSPS) is 13.8. The molecule has 0 radical (unpaired) electrons. The van der Waals surface area contributed by atoms with Crippen LogP contribution < -0.4 is 5.32 Å². The van der Waals surface area contributed by atoms with E-state index in [1.807, 2.05) is 37.7 Å². The Morgan fingerprint density at radius 2 is 1.21 bits per heavy atom. The number of pyridine rings is 2. The fraction of sp³-hybridized carbons (Fsp3) is 0.450. The third kappa shape index (κ3) is 16.1. The van der Waals surface area contributed by atoms with E-state index in [9.17, 15) is 9.59 Å². The Hall–Kier alpha value is -3.33. The van der Waals surface area contributed by atoms with Gasteiger partial charge in [0.1, 0.15) is 11.3 Å². The van der Waals surface area contributed by atoms with E-state index in [0.717, 1.165) is 98.4 Å². The number of halogens is 2. The van der Waals surface area contributed by atoms with Crippen molar-refractivity contribution >= 4 is 104 Å². The number of hydrogen-bond donors (Lipinski definition) is 4. The number of piperazine rings is 2. The Morgan fingerprint density at radius 3 is 1.59 bits per heavy atom. The third-order valence-electron chi connectivity index (χ3n) is 9.39. The molecule has 8 rings (SSSR count). The molecule has 4 N–H and O–H groups in total. The fourth-order valence-corrected chi connectivity index (χ4v) is 8.06. The Morgan fingerprint density at radius 1 is 0.787 bits per heavy atom. The standard InChI is InChI=1S/C16H16BrN5OS.C11H6BrN3O2S.C6H15N.C5H12N2.2CH4.BH2OP/c1-21-2-4-22(5-3-21)16(23)15-20-13(9-24-15)12-8-19-14-11(12)6-10(17)7-18-14;12-5-1-6-7(3-14-9(6)13-2-5)8-4-18-10(15-8)11(16)17;1-4-7(5-2)6-3;1-7-4-2-6-3-5-7;;;2-1-3/h6-9H,2-5H2,1H3,(H,18,19);1-4H,(H,13,14)(H,16,17);4-6H2,1-3H3;6H,2-5H2,1H3;2*1H4;3H2. The van der Waals surface area contributed by atoms with Crippen molar-refractivity contribution in [2.45, 2.75) is 35.6 Å². The van der Waals surface area contributed by atoms with Gasteiger partial charge in [-0.1, -0.05) is 35.6 Å². The molecule has 6 aromatic heterocycles.